The average molecular weight is 333 g/mol. The first-order valence-electron chi connectivity index (χ1n) is 7.68. The van der Waals surface area contributed by atoms with Gasteiger partial charge >= 0.3 is 0 Å². The maximum atomic E-state index is 11.8. The van der Waals surface area contributed by atoms with E-state index in [9.17, 15) is 4.79 Å². The minimum atomic E-state index is -0.163. The second-order valence-electron chi connectivity index (χ2n) is 5.73. The van der Waals surface area contributed by atoms with E-state index in [-0.39, 0.29) is 11.7 Å². The predicted molar refractivity (Wildman–Crippen MR) is 96.8 cm³/mol. The van der Waals surface area contributed by atoms with Gasteiger partial charge in [0.15, 0.2) is 0 Å². The molecule has 0 aliphatic carbocycles. The largest absolute Gasteiger partial charge is 0.489 e. The number of aromatic nitrogens is 2. The number of hydrogen-bond acceptors (Lipinski definition) is 5. The van der Waals surface area contributed by atoms with E-state index in [0.717, 1.165) is 17.1 Å². The molecule has 0 spiro atoms. The van der Waals surface area contributed by atoms with Gasteiger partial charge in [0.25, 0.3) is 5.56 Å². The van der Waals surface area contributed by atoms with E-state index >= 15 is 0 Å². The van der Waals surface area contributed by atoms with Crippen LogP contribution in [0.25, 0.3) is 0 Å². The van der Waals surface area contributed by atoms with Crippen molar-refractivity contribution < 1.29 is 4.74 Å². The Labute approximate surface area is 140 Å². The van der Waals surface area contributed by atoms with Gasteiger partial charge in [-0.25, -0.2) is 4.98 Å². The van der Waals surface area contributed by atoms with E-state index in [4.69, 9.17) is 4.74 Å². The van der Waals surface area contributed by atoms with Crippen LogP contribution < -0.4 is 15.6 Å². The number of aromatic amines is 1. The monoisotopic (exact) mass is 333 g/mol. The van der Waals surface area contributed by atoms with Crippen LogP contribution >= 0.6 is 11.8 Å². The molecule has 0 unspecified atom stereocenters. The summed E-state index contributed by atoms with van der Waals surface area (Å²) in [7, 11) is 0. The van der Waals surface area contributed by atoms with Crippen LogP contribution in [0.3, 0.4) is 0 Å². The number of ether oxygens (including phenoxy) is 1. The number of para-hydroxylation sites is 2. The first kappa shape index (κ1) is 17.4. The zero-order chi connectivity index (χ0) is 16.8. The van der Waals surface area contributed by atoms with Crippen molar-refractivity contribution in [1.82, 2.24) is 9.97 Å². The van der Waals surface area contributed by atoms with Crippen LogP contribution in [0, 0.1) is 0 Å². The molecule has 124 valence electrons. The molecule has 1 aromatic carbocycles. The van der Waals surface area contributed by atoms with Gasteiger partial charge in [-0.3, -0.25) is 9.78 Å². The van der Waals surface area contributed by atoms with Crippen molar-refractivity contribution >= 4 is 23.4 Å². The Bertz CT molecular complexity index is 698. The molecule has 0 fully saturated rings. The SMILES string of the molecule is CC(C)Oc1ccccc1Nc1nc(CSC(C)C)cc(=O)[nH]1. The van der Waals surface area contributed by atoms with Crippen molar-refractivity contribution in [2.75, 3.05) is 5.32 Å². The van der Waals surface area contributed by atoms with Gasteiger partial charge in [-0.2, -0.15) is 11.8 Å². The molecule has 0 aliphatic heterocycles. The van der Waals surface area contributed by atoms with Crippen LogP contribution in [0.5, 0.6) is 5.75 Å². The third kappa shape index (κ3) is 5.63. The molecule has 5 nitrogen and oxygen atoms in total. The summed E-state index contributed by atoms with van der Waals surface area (Å²) in [6.07, 6.45) is 0.0683. The highest BCUT2D eigenvalue weighted by atomic mass is 32.2. The lowest BCUT2D eigenvalue weighted by Crippen LogP contribution is -2.13. The summed E-state index contributed by atoms with van der Waals surface area (Å²) in [6, 6.07) is 9.14. The topological polar surface area (TPSA) is 67.0 Å². The van der Waals surface area contributed by atoms with Crippen molar-refractivity contribution in [1.29, 1.82) is 0 Å². The summed E-state index contributed by atoms with van der Waals surface area (Å²) in [5.41, 5.74) is 1.37. The Morgan fingerprint density at radius 3 is 2.70 bits per heavy atom. The first-order valence-corrected chi connectivity index (χ1v) is 8.73. The molecule has 0 saturated carbocycles. The lowest BCUT2D eigenvalue weighted by molar-refractivity contribution is 0.244. The lowest BCUT2D eigenvalue weighted by atomic mass is 10.3. The summed E-state index contributed by atoms with van der Waals surface area (Å²) in [5.74, 6) is 1.87. The van der Waals surface area contributed by atoms with Crippen molar-refractivity contribution in [3.05, 3.63) is 46.4 Å². The second kappa shape index (κ2) is 8.06. The molecule has 1 aromatic heterocycles. The molecule has 2 rings (SSSR count). The van der Waals surface area contributed by atoms with Crippen molar-refractivity contribution in [3.63, 3.8) is 0 Å². The zero-order valence-electron chi connectivity index (χ0n) is 13.9. The van der Waals surface area contributed by atoms with E-state index in [1.807, 2.05) is 38.1 Å². The summed E-state index contributed by atoms with van der Waals surface area (Å²) >= 11 is 1.75. The van der Waals surface area contributed by atoms with Crippen LogP contribution in [-0.4, -0.2) is 21.3 Å². The normalized spacial score (nSPS) is 11.0. The molecule has 0 saturated heterocycles. The molecular weight excluding hydrogens is 310 g/mol. The number of hydrogen-bond donors (Lipinski definition) is 2. The Kier molecular flexibility index (Phi) is 6.10. The van der Waals surface area contributed by atoms with E-state index in [0.29, 0.717) is 17.0 Å². The van der Waals surface area contributed by atoms with Gasteiger partial charge < -0.3 is 10.1 Å². The molecule has 0 aliphatic rings. The first-order chi connectivity index (χ1) is 10.9. The fourth-order valence-corrected chi connectivity index (χ4v) is 2.60. The summed E-state index contributed by atoms with van der Waals surface area (Å²) in [5, 5.41) is 3.64. The number of thioether (sulfide) groups is 1. The molecular formula is C17H23N3O2S. The number of H-pyrrole nitrogens is 1. The molecule has 23 heavy (non-hydrogen) atoms. The Morgan fingerprint density at radius 2 is 2.00 bits per heavy atom. The van der Waals surface area contributed by atoms with Gasteiger partial charge in [0.1, 0.15) is 5.75 Å². The Balaban J connectivity index is 2.21. The van der Waals surface area contributed by atoms with Crippen LogP contribution in [0.15, 0.2) is 35.1 Å². The summed E-state index contributed by atoms with van der Waals surface area (Å²) in [6.45, 7) is 8.19. The molecule has 2 N–H and O–H groups in total. The van der Waals surface area contributed by atoms with Gasteiger partial charge in [-0.1, -0.05) is 26.0 Å². The van der Waals surface area contributed by atoms with Gasteiger partial charge in [0, 0.05) is 11.8 Å². The molecule has 0 amide bonds. The number of nitrogens with zero attached hydrogens (tertiary/aromatic N) is 1. The van der Waals surface area contributed by atoms with Gasteiger partial charge in [-0.15, -0.1) is 0 Å². The molecule has 2 aromatic rings. The van der Waals surface area contributed by atoms with E-state index < -0.39 is 0 Å². The third-order valence-corrected chi connectivity index (χ3v) is 3.99. The van der Waals surface area contributed by atoms with Gasteiger partial charge in [0.05, 0.1) is 17.5 Å². The predicted octanol–water partition coefficient (Wildman–Crippen LogP) is 3.94. The van der Waals surface area contributed by atoms with E-state index in [1.54, 1.807) is 11.8 Å². The van der Waals surface area contributed by atoms with E-state index in [2.05, 4.69) is 29.1 Å². The maximum Gasteiger partial charge on any atom is 0.252 e. The molecule has 0 bridgehead atoms. The van der Waals surface area contributed by atoms with Crippen LogP contribution in [-0.2, 0) is 5.75 Å². The molecule has 6 heteroatoms. The molecule has 1 heterocycles. The van der Waals surface area contributed by atoms with E-state index in [1.165, 1.54) is 6.07 Å². The Hall–Kier alpha value is -1.95. The number of anilines is 2. The summed E-state index contributed by atoms with van der Waals surface area (Å²) < 4.78 is 5.77. The van der Waals surface area contributed by atoms with Crippen molar-refractivity contribution in [3.8, 4) is 5.75 Å². The van der Waals surface area contributed by atoms with Crippen LogP contribution in [0.4, 0.5) is 11.6 Å². The number of benzene rings is 1. The minimum absolute atomic E-state index is 0.0683. The van der Waals surface area contributed by atoms with Gasteiger partial charge in [0.2, 0.25) is 5.95 Å². The second-order valence-corrected chi connectivity index (χ2v) is 7.30. The standard InChI is InChI=1S/C17H23N3O2S/c1-11(2)22-15-8-6-5-7-14(15)19-17-18-13(9-16(21)20-17)10-23-12(3)4/h5-9,11-12H,10H2,1-4H3,(H2,18,19,20,21). The van der Waals surface area contributed by atoms with Gasteiger partial charge in [-0.05, 0) is 31.2 Å². The highest BCUT2D eigenvalue weighted by Gasteiger charge is 2.08. The lowest BCUT2D eigenvalue weighted by Gasteiger charge is -2.15. The fourth-order valence-electron chi connectivity index (χ4n) is 1.95. The maximum absolute atomic E-state index is 11.8. The third-order valence-electron chi connectivity index (χ3n) is 2.86. The quantitative estimate of drug-likeness (QED) is 0.803. The average Bonchev–Trinajstić information content (AvgIpc) is 2.46. The summed E-state index contributed by atoms with van der Waals surface area (Å²) in [4.78, 5) is 19.0. The zero-order valence-corrected chi connectivity index (χ0v) is 14.7. The number of rotatable bonds is 7. The fraction of sp³-hybridized carbons (Fsp3) is 0.412. The van der Waals surface area contributed by atoms with Crippen LogP contribution in [0.1, 0.15) is 33.4 Å². The smallest absolute Gasteiger partial charge is 0.252 e. The van der Waals surface area contributed by atoms with Crippen molar-refractivity contribution in [2.24, 2.45) is 0 Å². The van der Waals surface area contributed by atoms with Crippen molar-refractivity contribution in [2.45, 2.75) is 44.8 Å². The van der Waals surface area contributed by atoms with Crippen LogP contribution in [0.2, 0.25) is 0 Å². The molecule has 0 atom stereocenters. The minimum Gasteiger partial charge on any atom is -0.489 e. The Morgan fingerprint density at radius 1 is 1.26 bits per heavy atom. The molecule has 0 radical (unpaired) electrons. The number of nitrogens with one attached hydrogen (secondary N) is 2. The highest BCUT2D eigenvalue weighted by Crippen LogP contribution is 2.27. The highest BCUT2D eigenvalue weighted by molar-refractivity contribution is 7.99.